The van der Waals surface area contributed by atoms with Crippen LogP contribution in [0.2, 0.25) is 0 Å². The largest absolute Gasteiger partial charge is 0.347 e. The predicted molar refractivity (Wildman–Crippen MR) is 75.3 cm³/mol. The van der Waals surface area contributed by atoms with Gasteiger partial charge in [-0.25, -0.2) is 4.98 Å². The van der Waals surface area contributed by atoms with E-state index in [4.69, 9.17) is 0 Å². The van der Waals surface area contributed by atoms with Gasteiger partial charge in [0.05, 0.1) is 24.3 Å². The molecule has 19 heavy (non-hydrogen) atoms. The standard InChI is InChI=1S/C15H17N3O/c1-11(2)15(19)16-9-13-14(17-10-18(13)3)12-7-5-4-6-8-12/h4-8,10H,1,9H2,2-3H3,(H,16,19). The fraction of sp³-hybridized carbons (Fsp3) is 0.200. The van der Waals surface area contributed by atoms with Crippen molar-refractivity contribution < 1.29 is 4.79 Å². The van der Waals surface area contributed by atoms with Crippen molar-refractivity contribution in [3.8, 4) is 11.3 Å². The molecule has 0 saturated heterocycles. The summed E-state index contributed by atoms with van der Waals surface area (Å²) < 4.78 is 1.92. The zero-order valence-electron chi connectivity index (χ0n) is 11.2. The number of carbonyl (C=O) groups excluding carboxylic acids is 1. The van der Waals surface area contributed by atoms with Crippen LogP contribution in [-0.4, -0.2) is 15.5 Å². The van der Waals surface area contributed by atoms with Crippen LogP contribution in [0.25, 0.3) is 11.3 Å². The summed E-state index contributed by atoms with van der Waals surface area (Å²) in [5.74, 6) is -0.139. The van der Waals surface area contributed by atoms with Crippen LogP contribution in [0.5, 0.6) is 0 Å². The molecule has 0 fully saturated rings. The molecule has 0 unspecified atom stereocenters. The molecule has 2 aromatic rings. The van der Waals surface area contributed by atoms with Gasteiger partial charge in [0.2, 0.25) is 5.91 Å². The predicted octanol–water partition coefficient (Wildman–Crippen LogP) is 2.28. The minimum absolute atomic E-state index is 0.139. The number of rotatable bonds is 4. The van der Waals surface area contributed by atoms with E-state index in [-0.39, 0.29) is 5.91 Å². The van der Waals surface area contributed by atoms with Crippen LogP contribution in [0.3, 0.4) is 0 Å². The lowest BCUT2D eigenvalue weighted by molar-refractivity contribution is -0.117. The molecule has 0 aliphatic rings. The third-order valence-corrected chi connectivity index (χ3v) is 2.91. The highest BCUT2D eigenvalue weighted by molar-refractivity contribution is 5.92. The zero-order chi connectivity index (χ0) is 13.8. The number of hydrogen-bond acceptors (Lipinski definition) is 2. The molecule has 1 heterocycles. The third-order valence-electron chi connectivity index (χ3n) is 2.91. The van der Waals surface area contributed by atoms with Crippen LogP contribution < -0.4 is 5.32 Å². The van der Waals surface area contributed by atoms with Crippen LogP contribution in [0.1, 0.15) is 12.6 Å². The Bertz CT molecular complexity index is 599. The van der Waals surface area contributed by atoms with Gasteiger partial charge in [0.1, 0.15) is 0 Å². The number of aromatic nitrogens is 2. The Balaban J connectivity index is 2.24. The highest BCUT2D eigenvalue weighted by Crippen LogP contribution is 2.21. The Labute approximate surface area is 112 Å². The van der Waals surface area contributed by atoms with Gasteiger partial charge in [0, 0.05) is 18.2 Å². The molecule has 2 rings (SSSR count). The average molecular weight is 255 g/mol. The molecule has 0 bridgehead atoms. The number of imidazole rings is 1. The first-order valence-electron chi connectivity index (χ1n) is 6.09. The summed E-state index contributed by atoms with van der Waals surface area (Å²) in [5.41, 5.74) is 3.41. The van der Waals surface area contributed by atoms with E-state index in [1.165, 1.54) is 0 Å². The van der Waals surface area contributed by atoms with Crippen molar-refractivity contribution in [1.29, 1.82) is 0 Å². The van der Waals surface area contributed by atoms with Crippen LogP contribution in [0.4, 0.5) is 0 Å². The lowest BCUT2D eigenvalue weighted by Gasteiger charge is -2.08. The van der Waals surface area contributed by atoms with Crippen LogP contribution >= 0.6 is 0 Å². The first-order chi connectivity index (χ1) is 9.09. The van der Waals surface area contributed by atoms with Crippen molar-refractivity contribution in [3.63, 3.8) is 0 Å². The normalized spacial score (nSPS) is 10.2. The summed E-state index contributed by atoms with van der Waals surface area (Å²) in [6, 6.07) is 9.92. The third kappa shape index (κ3) is 2.91. The molecule has 0 spiro atoms. The second-order valence-electron chi connectivity index (χ2n) is 4.48. The van der Waals surface area contributed by atoms with E-state index in [1.807, 2.05) is 41.9 Å². The van der Waals surface area contributed by atoms with Crippen LogP contribution in [-0.2, 0) is 18.4 Å². The summed E-state index contributed by atoms with van der Waals surface area (Å²) in [4.78, 5) is 16.0. The van der Waals surface area contributed by atoms with E-state index >= 15 is 0 Å². The Morgan fingerprint density at radius 3 is 2.68 bits per heavy atom. The topological polar surface area (TPSA) is 46.9 Å². The highest BCUT2D eigenvalue weighted by Gasteiger charge is 2.11. The second-order valence-corrected chi connectivity index (χ2v) is 4.48. The van der Waals surface area contributed by atoms with Gasteiger partial charge in [0.15, 0.2) is 0 Å². The molecule has 1 aromatic carbocycles. The first-order valence-corrected chi connectivity index (χ1v) is 6.09. The maximum absolute atomic E-state index is 11.6. The maximum Gasteiger partial charge on any atom is 0.246 e. The Morgan fingerprint density at radius 2 is 2.05 bits per heavy atom. The van der Waals surface area contributed by atoms with E-state index < -0.39 is 0 Å². The maximum atomic E-state index is 11.6. The number of benzene rings is 1. The minimum atomic E-state index is -0.139. The second kappa shape index (κ2) is 5.52. The summed E-state index contributed by atoms with van der Waals surface area (Å²) in [6.07, 6.45) is 1.75. The van der Waals surface area contributed by atoms with Gasteiger partial charge in [-0.3, -0.25) is 4.79 Å². The average Bonchev–Trinajstić information content (AvgIpc) is 2.78. The van der Waals surface area contributed by atoms with E-state index in [2.05, 4.69) is 16.9 Å². The Kier molecular flexibility index (Phi) is 3.80. The number of nitrogens with one attached hydrogen (secondary N) is 1. The zero-order valence-corrected chi connectivity index (χ0v) is 11.2. The minimum Gasteiger partial charge on any atom is -0.347 e. The Hall–Kier alpha value is -2.36. The number of carbonyl (C=O) groups is 1. The van der Waals surface area contributed by atoms with Crippen molar-refractivity contribution in [1.82, 2.24) is 14.9 Å². The molecule has 1 aromatic heterocycles. The lowest BCUT2D eigenvalue weighted by Crippen LogP contribution is -2.24. The van der Waals surface area contributed by atoms with Crippen molar-refractivity contribution in [3.05, 3.63) is 54.5 Å². The fourth-order valence-corrected chi connectivity index (χ4v) is 1.82. The molecule has 0 aliphatic carbocycles. The first kappa shape index (κ1) is 13.1. The van der Waals surface area contributed by atoms with Gasteiger partial charge >= 0.3 is 0 Å². The van der Waals surface area contributed by atoms with Gasteiger partial charge in [-0.2, -0.15) is 0 Å². The van der Waals surface area contributed by atoms with Crippen molar-refractivity contribution in [2.75, 3.05) is 0 Å². The molecule has 98 valence electrons. The van der Waals surface area contributed by atoms with E-state index in [0.717, 1.165) is 17.0 Å². The smallest absolute Gasteiger partial charge is 0.246 e. The summed E-state index contributed by atoms with van der Waals surface area (Å²) >= 11 is 0. The molecule has 0 aliphatic heterocycles. The molecule has 1 N–H and O–H groups in total. The Morgan fingerprint density at radius 1 is 1.37 bits per heavy atom. The summed E-state index contributed by atoms with van der Waals surface area (Å²) in [7, 11) is 1.92. The van der Waals surface area contributed by atoms with Crippen molar-refractivity contribution >= 4 is 5.91 Å². The quantitative estimate of drug-likeness (QED) is 0.852. The summed E-state index contributed by atoms with van der Waals surface area (Å²) in [5, 5.41) is 2.84. The monoisotopic (exact) mass is 255 g/mol. The molecule has 0 radical (unpaired) electrons. The van der Waals surface area contributed by atoms with Gasteiger partial charge in [0.25, 0.3) is 0 Å². The van der Waals surface area contributed by atoms with Crippen molar-refractivity contribution in [2.45, 2.75) is 13.5 Å². The number of nitrogens with zero attached hydrogens (tertiary/aromatic N) is 2. The van der Waals surface area contributed by atoms with Gasteiger partial charge < -0.3 is 9.88 Å². The van der Waals surface area contributed by atoms with E-state index in [1.54, 1.807) is 13.3 Å². The number of amides is 1. The molecule has 4 heteroatoms. The molecule has 0 atom stereocenters. The van der Waals surface area contributed by atoms with Crippen LogP contribution in [0, 0.1) is 0 Å². The van der Waals surface area contributed by atoms with Gasteiger partial charge in [-0.1, -0.05) is 36.9 Å². The van der Waals surface area contributed by atoms with E-state index in [9.17, 15) is 4.79 Å². The molecular formula is C15H17N3O. The molecule has 0 saturated carbocycles. The number of aryl methyl sites for hydroxylation is 1. The SMILES string of the molecule is C=C(C)C(=O)NCc1c(-c2ccccc2)ncn1C. The van der Waals surface area contributed by atoms with Crippen molar-refractivity contribution in [2.24, 2.45) is 7.05 Å². The lowest BCUT2D eigenvalue weighted by atomic mass is 10.1. The van der Waals surface area contributed by atoms with Gasteiger partial charge in [-0.05, 0) is 6.92 Å². The molecular weight excluding hydrogens is 238 g/mol. The van der Waals surface area contributed by atoms with E-state index in [0.29, 0.717) is 12.1 Å². The highest BCUT2D eigenvalue weighted by atomic mass is 16.1. The molecule has 1 amide bonds. The number of hydrogen-bond donors (Lipinski definition) is 1. The summed E-state index contributed by atoms with van der Waals surface area (Å²) in [6.45, 7) is 5.75. The fourth-order valence-electron chi connectivity index (χ4n) is 1.82. The van der Waals surface area contributed by atoms with Crippen LogP contribution in [0.15, 0.2) is 48.8 Å². The van der Waals surface area contributed by atoms with Gasteiger partial charge in [-0.15, -0.1) is 0 Å². The molecule has 4 nitrogen and oxygen atoms in total.